The molecular weight excluding hydrogens is 442 g/mol. The second kappa shape index (κ2) is 8.46. The summed E-state index contributed by atoms with van der Waals surface area (Å²) in [5, 5.41) is 3.03. The molecule has 0 saturated heterocycles. The molecule has 0 aromatic carbocycles. The Morgan fingerprint density at radius 1 is 1.19 bits per heavy atom. The predicted octanol–water partition coefficient (Wildman–Crippen LogP) is 2.40. The lowest BCUT2D eigenvalue weighted by molar-refractivity contribution is 0.222. The largest absolute Gasteiger partial charge is 0.358 e. The number of aromatic nitrogens is 6. The molecule has 12 heteroatoms. The van der Waals surface area contributed by atoms with Crippen molar-refractivity contribution in [2.45, 2.75) is 50.6 Å². The summed E-state index contributed by atoms with van der Waals surface area (Å²) in [6.07, 6.45) is 7.28. The summed E-state index contributed by atoms with van der Waals surface area (Å²) in [4.78, 5) is 34.1. The number of hydrogen-bond donors (Lipinski definition) is 1. The van der Waals surface area contributed by atoms with Gasteiger partial charge in [-0.25, -0.2) is 28.4 Å². The summed E-state index contributed by atoms with van der Waals surface area (Å²) < 4.78 is 25.4. The number of rotatable bonds is 7. The smallest absolute Gasteiger partial charge is 0.295 e. The van der Waals surface area contributed by atoms with Gasteiger partial charge in [0.15, 0.2) is 21.3 Å². The van der Waals surface area contributed by atoms with E-state index in [2.05, 4.69) is 30.2 Å². The molecule has 31 heavy (non-hydrogen) atoms. The molecule has 164 valence electrons. The number of anilines is 1. The maximum absolute atomic E-state index is 13.2. The maximum Gasteiger partial charge on any atom is 0.295 e. The summed E-state index contributed by atoms with van der Waals surface area (Å²) in [7, 11) is -3.37. The van der Waals surface area contributed by atoms with E-state index in [4.69, 9.17) is 11.6 Å². The van der Waals surface area contributed by atoms with Gasteiger partial charge in [-0.2, -0.15) is 4.98 Å². The van der Waals surface area contributed by atoms with E-state index < -0.39 is 9.84 Å². The van der Waals surface area contributed by atoms with Crippen molar-refractivity contribution in [2.24, 2.45) is 5.92 Å². The molecule has 10 nitrogen and oxygen atoms in total. The molecule has 3 aromatic rings. The van der Waals surface area contributed by atoms with Crippen LogP contribution >= 0.6 is 11.6 Å². The third-order valence-electron chi connectivity index (χ3n) is 5.68. The predicted molar refractivity (Wildman–Crippen MR) is 116 cm³/mol. The van der Waals surface area contributed by atoms with Crippen molar-refractivity contribution in [3.05, 3.63) is 40.1 Å². The fraction of sp³-hybridized carbons (Fsp3) is 0.474. The zero-order valence-electron chi connectivity index (χ0n) is 17.1. The molecule has 0 amide bonds. The summed E-state index contributed by atoms with van der Waals surface area (Å²) in [5.41, 5.74) is 0.537. The van der Waals surface area contributed by atoms with Crippen LogP contribution in [0.4, 0.5) is 5.82 Å². The third-order valence-corrected chi connectivity index (χ3v) is 7.55. The van der Waals surface area contributed by atoms with Gasteiger partial charge in [-0.15, -0.1) is 0 Å². The van der Waals surface area contributed by atoms with Crippen molar-refractivity contribution in [2.75, 3.05) is 11.1 Å². The Labute approximate surface area is 184 Å². The Morgan fingerprint density at radius 2 is 1.90 bits per heavy atom. The van der Waals surface area contributed by atoms with E-state index >= 15 is 0 Å². The highest BCUT2D eigenvalue weighted by Gasteiger charge is 2.28. The molecule has 0 radical (unpaired) electrons. The van der Waals surface area contributed by atoms with E-state index in [9.17, 15) is 13.2 Å². The lowest BCUT2D eigenvalue weighted by atomic mass is 9.80. The molecule has 1 aliphatic rings. The van der Waals surface area contributed by atoms with E-state index in [-0.39, 0.29) is 39.9 Å². The normalized spacial score (nSPS) is 15.6. The van der Waals surface area contributed by atoms with Gasteiger partial charge in [0.05, 0.1) is 18.5 Å². The van der Waals surface area contributed by atoms with E-state index in [1.54, 1.807) is 11.5 Å². The zero-order chi connectivity index (χ0) is 22.2. The Kier molecular flexibility index (Phi) is 5.89. The van der Waals surface area contributed by atoms with Crippen LogP contribution in [0.15, 0.2) is 28.3 Å². The molecule has 0 aliphatic heterocycles. The molecule has 0 spiro atoms. The topological polar surface area (TPSA) is 133 Å². The Balaban J connectivity index is 1.66. The van der Waals surface area contributed by atoms with Crippen LogP contribution in [0.2, 0.25) is 5.28 Å². The van der Waals surface area contributed by atoms with Crippen molar-refractivity contribution in [1.29, 1.82) is 0 Å². The first-order valence-corrected chi connectivity index (χ1v) is 12.1. The van der Waals surface area contributed by atoms with Gasteiger partial charge < -0.3 is 5.32 Å². The van der Waals surface area contributed by atoms with E-state index in [0.29, 0.717) is 22.9 Å². The van der Waals surface area contributed by atoms with Crippen LogP contribution in [0, 0.1) is 5.92 Å². The third kappa shape index (κ3) is 4.24. The van der Waals surface area contributed by atoms with Crippen LogP contribution in [0.1, 0.15) is 45.0 Å². The first kappa shape index (κ1) is 21.6. The monoisotopic (exact) mass is 463 g/mol. The Morgan fingerprint density at radius 3 is 2.52 bits per heavy atom. The van der Waals surface area contributed by atoms with Gasteiger partial charge in [-0.1, -0.05) is 13.3 Å². The SMILES string of the molecule is CCS(=O)(=O)c1cnc(CNc2nc3cnc(Cl)nc3n([C@@H](C)C3CCC3)c2=O)nc1. The quantitative estimate of drug-likeness (QED) is 0.524. The fourth-order valence-corrected chi connectivity index (χ4v) is 4.42. The van der Waals surface area contributed by atoms with E-state index in [1.165, 1.54) is 18.6 Å². The van der Waals surface area contributed by atoms with Gasteiger partial charge in [0.1, 0.15) is 16.2 Å². The number of nitrogens with zero attached hydrogens (tertiary/aromatic N) is 6. The second-order valence-corrected chi connectivity index (χ2v) is 10.1. The lowest BCUT2D eigenvalue weighted by Crippen LogP contribution is -2.33. The van der Waals surface area contributed by atoms with Crippen LogP contribution in [0.5, 0.6) is 0 Å². The summed E-state index contributed by atoms with van der Waals surface area (Å²) in [5.74, 6) is 0.821. The van der Waals surface area contributed by atoms with Crippen molar-refractivity contribution in [3.8, 4) is 0 Å². The molecular formula is C19H22ClN7O3S. The molecule has 1 saturated carbocycles. The second-order valence-electron chi connectivity index (χ2n) is 7.51. The minimum atomic E-state index is -3.37. The number of nitrogens with one attached hydrogen (secondary N) is 1. The van der Waals surface area contributed by atoms with Gasteiger partial charge >= 0.3 is 0 Å². The highest BCUT2D eigenvalue weighted by atomic mass is 35.5. The standard InChI is InChI=1S/C19H22ClN7O3S/c1-3-31(29,30)13-7-21-15(22-8-13)10-23-16-18(28)27(11(2)12-5-4-6-12)17-14(25-16)9-24-19(20)26-17/h7-9,11-12H,3-6,10H2,1-2H3,(H,23,25)/t11-/m0/s1. The minimum absolute atomic E-state index is 0.0280. The molecule has 1 atom stereocenters. The lowest BCUT2D eigenvalue weighted by Gasteiger charge is -2.33. The highest BCUT2D eigenvalue weighted by Crippen LogP contribution is 2.36. The van der Waals surface area contributed by atoms with Crippen molar-refractivity contribution in [1.82, 2.24) is 29.5 Å². The molecule has 3 heterocycles. The molecule has 3 aromatic heterocycles. The average Bonchev–Trinajstić information content (AvgIpc) is 2.71. The minimum Gasteiger partial charge on any atom is -0.358 e. The van der Waals surface area contributed by atoms with Crippen LogP contribution in [-0.4, -0.2) is 43.7 Å². The molecule has 1 fully saturated rings. The number of fused-ring (bicyclic) bond motifs is 1. The van der Waals surface area contributed by atoms with Crippen LogP contribution in [-0.2, 0) is 16.4 Å². The van der Waals surface area contributed by atoms with E-state index in [1.807, 2.05) is 6.92 Å². The number of halogens is 1. The maximum atomic E-state index is 13.2. The molecule has 0 unspecified atom stereocenters. The number of hydrogen-bond acceptors (Lipinski definition) is 9. The van der Waals surface area contributed by atoms with Gasteiger partial charge in [-0.05, 0) is 37.3 Å². The van der Waals surface area contributed by atoms with Crippen LogP contribution in [0.25, 0.3) is 11.2 Å². The zero-order valence-corrected chi connectivity index (χ0v) is 18.7. The average molecular weight is 464 g/mol. The molecule has 1 aliphatic carbocycles. The molecule has 0 bridgehead atoms. The Bertz CT molecular complexity index is 1270. The number of sulfone groups is 1. The first-order valence-electron chi connectivity index (χ1n) is 10.0. The first-order chi connectivity index (χ1) is 14.8. The van der Waals surface area contributed by atoms with Crippen LogP contribution in [0.3, 0.4) is 0 Å². The van der Waals surface area contributed by atoms with Crippen molar-refractivity contribution in [3.63, 3.8) is 0 Å². The molecule has 4 rings (SSSR count). The van der Waals surface area contributed by atoms with Gasteiger partial charge in [0.2, 0.25) is 5.28 Å². The summed E-state index contributed by atoms with van der Waals surface area (Å²) >= 11 is 5.97. The fourth-order valence-electron chi connectivity index (χ4n) is 3.53. The summed E-state index contributed by atoms with van der Waals surface area (Å²) in [6, 6.07) is -0.0620. The molecule has 1 N–H and O–H groups in total. The van der Waals surface area contributed by atoms with E-state index in [0.717, 1.165) is 19.3 Å². The Hall–Kier alpha value is -2.66. The summed E-state index contributed by atoms with van der Waals surface area (Å²) in [6.45, 7) is 3.66. The van der Waals surface area contributed by atoms with Crippen LogP contribution < -0.4 is 10.9 Å². The van der Waals surface area contributed by atoms with Crippen molar-refractivity contribution < 1.29 is 8.42 Å². The van der Waals surface area contributed by atoms with Gasteiger partial charge in [-0.3, -0.25) is 9.36 Å². The van der Waals surface area contributed by atoms with Gasteiger partial charge in [0, 0.05) is 18.4 Å². The van der Waals surface area contributed by atoms with Crippen molar-refractivity contribution >= 4 is 38.4 Å². The van der Waals surface area contributed by atoms with Gasteiger partial charge in [0.25, 0.3) is 5.56 Å². The highest BCUT2D eigenvalue weighted by molar-refractivity contribution is 7.91.